The van der Waals surface area contributed by atoms with Crippen molar-refractivity contribution in [3.8, 4) is 17.2 Å². The maximum Gasteiger partial charge on any atom is 0.254 e. The van der Waals surface area contributed by atoms with Gasteiger partial charge in [0.05, 0.1) is 33.0 Å². The molecule has 1 unspecified atom stereocenters. The summed E-state index contributed by atoms with van der Waals surface area (Å²) in [6, 6.07) is 13.5. The number of nitrogens with zero attached hydrogens (tertiary/aromatic N) is 1. The molecule has 29 heavy (non-hydrogen) atoms. The fourth-order valence-corrected chi connectivity index (χ4v) is 3.40. The molecular formula is C23H29NO5. The zero-order chi connectivity index (χ0) is 20.6. The van der Waals surface area contributed by atoms with E-state index in [0.29, 0.717) is 62.3 Å². The molecule has 2 aromatic rings. The van der Waals surface area contributed by atoms with E-state index < -0.39 is 0 Å². The minimum absolute atomic E-state index is 0.0702. The third-order valence-electron chi connectivity index (χ3n) is 4.68. The Kier molecular flexibility index (Phi) is 7.36. The summed E-state index contributed by atoms with van der Waals surface area (Å²) in [6.07, 6.45) is -0.130. The van der Waals surface area contributed by atoms with Crippen LogP contribution in [0.3, 0.4) is 0 Å². The molecule has 0 aliphatic carbocycles. The third kappa shape index (κ3) is 5.01. The summed E-state index contributed by atoms with van der Waals surface area (Å²) in [4.78, 5) is 15.1. The lowest BCUT2D eigenvalue weighted by Crippen LogP contribution is -2.42. The number of morpholine rings is 1. The SMILES string of the molecule is CCOc1cc(C(=O)N2CCOC(c3ccccc3)C2)cc(OCC)c1OCC. The van der Waals surface area contributed by atoms with Crippen LogP contribution in [-0.2, 0) is 4.74 Å². The molecular weight excluding hydrogens is 370 g/mol. The molecule has 6 nitrogen and oxygen atoms in total. The number of ether oxygens (including phenoxy) is 4. The second-order valence-electron chi connectivity index (χ2n) is 6.62. The van der Waals surface area contributed by atoms with Crippen LogP contribution < -0.4 is 14.2 Å². The minimum atomic E-state index is -0.130. The second kappa shape index (κ2) is 10.2. The Morgan fingerprint density at radius 3 is 2.21 bits per heavy atom. The quantitative estimate of drug-likeness (QED) is 0.669. The predicted molar refractivity (Wildman–Crippen MR) is 111 cm³/mol. The summed E-state index contributed by atoms with van der Waals surface area (Å²) in [7, 11) is 0. The molecule has 2 aromatic carbocycles. The topological polar surface area (TPSA) is 57.2 Å². The second-order valence-corrected chi connectivity index (χ2v) is 6.62. The molecule has 1 aliphatic heterocycles. The maximum atomic E-state index is 13.3. The van der Waals surface area contributed by atoms with Crippen LogP contribution in [0.2, 0.25) is 0 Å². The Bertz CT molecular complexity index is 781. The van der Waals surface area contributed by atoms with Crippen LogP contribution in [0.25, 0.3) is 0 Å². The highest BCUT2D eigenvalue weighted by Crippen LogP contribution is 2.39. The molecule has 1 aliphatic rings. The Balaban J connectivity index is 1.87. The molecule has 1 heterocycles. The van der Waals surface area contributed by atoms with Gasteiger partial charge in [-0.1, -0.05) is 30.3 Å². The van der Waals surface area contributed by atoms with Gasteiger partial charge >= 0.3 is 0 Å². The molecule has 0 N–H and O–H groups in total. The first-order valence-corrected chi connectivity index (χ1v) is 10.2. The lowest BCUT2D eigenvalue weighted by Gasteiger charge is -2.33. The molecule has 1 fully saturated rings. The average Bonchev–Trinajstić information content (AvgIpc) is 2.76. The molecule has 1 saturated heterocycles. The van der Waals surface area contributed by atoms with Crippen LogP contribution in [0.15, 0.2) is 42.5 Å². The number of amides is 1. The highest BCUT2D eigenvalue weighted by Gasteiger charge is 2.28. The number of hydrogen-bond acceptors (Lipinski definition) is 5. The van der Waals surface area contributed by atoms with Gasteiger partial charge in [-0.25, -0.2) is 0 Å². The molecule has 156 valence electrons. The molecule has 6 heteroatoms. The van der Waals surface area contributed by atoms with Gasteiger partial charge < -0.3 is 23.8 Å². The van der Waals surface area contributed by atoms with E-state index >= 15 is 0 Å². The summed E-state index contributed by atoms with van der Waals surface area (Å²) >= 11 is 0. The van der Waals surface area contributed by atoms with Crippen molar-refractivity contribution in [3.05, 3.63) is 53.6 Å². The molecule has 0 bridgehead atoms. The van der Waals surface area contributed by atoms with Crippen molar-refractivity contribution in [1.82, 2.24) is 4.90 Å². The van der Waals surface area contributed by atoms with E-state index in [4.69, 9.17) is 18.9 Å². The number of hydrogen-bond donors (Lipinski definition) is 0. The van der Waals surface area contributed by atoms with E-state index in [9.17, 15) is 4.79 Å². The fraction of sp³-hybridized carbons (Fsp3) is 0.435. The normalized spacial score (nSPS) is 16.4. The van der Waals surface area contributed by atoms with Crippen molar-refractivity contribution < 1.29 is 23.7 Å². The van der Waals surface area contributed by atoms with Crippen LogP contribution >= 0.6 is 0 Å². The minimum Gasteiger partial charge on any atom is -0.490 e. The highest BCUT2D eigenvalue weighted by atomic mass is 16.5. The average molecular weight is 399 g/mol. The first kappa shape index (κ1) is 21.0. The first-order valence-electron chi connectivity index (χ1n) is 10.2. The number of benzene rings is 2. The van der Waals surface area contributed by atoms with Crippen LogP contribution in [0.5, 0.6) is 17.2 Å². The van der Waals surface area contributed by atoms with Crippen molar-refractivity contribution in [2.45, 2.75) is 26.9 Å². The first-order chi connectivity index (χ1) is 14.2. The third-order valence-corrected chi connectivity index (χ3v) is 4.68. The smallest absolute Gasteiger partial charge is 0.254 e. The Labute approximate surface area is 172 Å². The van der Waals surface area contributed by atoms with Crippen molar-refractivity contribution in [3.63, 3.8) is 0 Å². The molecule has 0 saturated carbocycles. The van der Waals surface area contributed by atoms with Gasteiger partial charge in [0.2, 0.25) is 5.75 Å². The number of carbonyl (C=O) groups excluding carboxylic acids is 1. The Hall–Kier alpha value is -2.73. The monoisotopic (exact) mass is 399 g/mol. The summed E-state index contributed by atoms with van der Waals surface area (Å²) < 4.78 is 23.1. The fourth-order valence-electron chi connectivity index (χ4n) is 3.40. The molecule has 1 atom stereocenters. The van der Waals surface area contributed by atoms with Gasteiger partial charge in [-0.15, -0.1) is 0 Å². The van der Waals surface area contributed by atoms with Crippen molar-refractivity contribution in [2.24, 2.45) is 0 Å². The van der Waals surface area contributed by atoms with Crippen molar-refractivity contribution >= 4 is 5.91 Å². The van der Waals surface area contributed by atoms with Gasteiger partial charge in [0, 0.05) is 12.1 Å². The summed E-state index contributed by atoms with van der Waals surface area (Å²) in [5.41, 5.74) is 1.59. The zero-order valence-electron chi connectivity index (χ0n) is 17.3. The largest absolute Gasteiger partial charge is 0.490 e. The van der Waals surface area contributed by atoms with Gasteiger partial charge in [-0.05, 0) is 38.5 Å². The van der Waals surface area contributed by atoms with Gasteiger partial charge in [0.1, 0.15) is 6.10 Å². The van der Waals surface area contributed by atoms with Gasteiger partial charge in [-0.3, -0.25) is 4.79 Å². The van der Waals surface area contributed by atoms with Crippen molar-refractivity contribution in [2.75, 3.05) is 39.5 Å². The Morgan fingerprint density at radius 1 is 1.00 bits per heavy atom. The van der Waals surface area contributed by atoms with Crippen LogP contribution in [-0.4, -0.2) is 50.3 Å². The van der Waals surface area contributed by atoms with Gasteiger partial charge in [-0.2, -0.15) is 0 Å². The summed E-state index contributed by atoms with van der Waals surface area (Å²) in [6.45, 7) is 8.67. The molecule has 3 rings (SSSR count). The number of carbonyl (C=O) groups is 1. The van der Waals surface area contributed by atoms with E-state index in [1.165, 1.54) is 0 Å². The molecule has 0 radical (unpaired) electrons. The molecule has 1 amide bonds. The highest BCUT2D eigenvalue weighted by molar-refractivity contribution is 5.95. The van der Waals surface area contributed by atoms with E-state index in [1.54, 1.807) is 12.1 Å². The molecule has 0 aromatic heterocycles. The van der Waals surface area contributed by atoms with Crippen LogP contribution in [0.1, 0.15) is 42.8 Å². The van der Waals surface area contributed by atoms with E-state index in [2.05, 4.69) is 0 Å². The molecule has 0 spiro atoms. The number of rotatable bonds is 8. The lowest BCUT2D eigenvalue weighted by molar-refractivity contribution is -0.0228. The summed E-state index contributed by atoms with van der Waals surface area (Å²) in [5.74, 6) is 1.52. The standard InChI is InChI=1S/C23H29NO5/c1-4-26-19-14-18(15-20(27-5-2)22(19)28-6-3)23(25)24-12-13-29-21(16-24)17-10-8-7-9-11-17/h7-11,14-15,21H,4-6,12-13,16H2,1-3H3. The Morgan fingerprint density at radius 2 is 1.62 bits per heavy atom. The zero-order valence-corrected chi connectivity index (χ0v) is 17.3. The lowest BCUT2D eigenvalue weighted by atomic mass is 10.1. The van der Waals surface area contributed by atoms with Crippen LogP contribution in [0.4, 0.5) is 0 Å². The van der Waals surface area contributed by atoms with E-state index in [0.717, 1.165) is 5.56 Å². The maximum absolute atomic E-state index is 13.3. The van der Waals surface area contributed by atoms with E-state index in [-0.39, 0.29) is 12.0 Å². The van der Waals surface area contributed by atoms with Crippen LogP contribution in [0, 0.1) is 0 Å². The van der Waals surface area contributed by atoms with Crippen molar-refractivity contribution in [1.29, 1.82) is 0 Å². The van der Waals surface area contributed by atoms with Gasteiger partial charge in [0.15, 0.2) is 11.5 Å². The van der Waals surface area contributed by atoms with Gasteiger partial charge in [0.25, 0.3) is 5.91 Å². The predicted octanol–water partition coefficient (Wildman–Crippen LogP) is 4.10. The summed E-state index contributed by atoms with van der Waals surface area (Å²) in [5, 5.41) is 0. The van der Waals surface area contributed by atoms with E-state index in [1.807, 2.05) is 56.0 Å².